The van der Waals surface area contributed by atoms with Crippen LogP contribution in [0.25, 0.3) is 0 Å². The molecule has 2 atom stereocenters. The molecule has 0 radical (unpaired) electrons. The third kappa shape index (κ3) is 3.86. The van der Waals surface area contributed by atoms with Crippen molar-refractivity contribution in [2.24, 2.45) is 5.92 Å². The van der Waals surface area contributed by atoms with Gasteiger partial charge in [0, 0.05) is 6.61 Å². The van der Waals surface area contributed by atoms with Gasteiger partial charge in [-0.1, -0.05) is 20.3 Å². The second-order valence-electron chi connectivity index (χ2n) is 3.64. The van der Waals surface area contributed by atoms with Gasteiger partial charge in [0.2, 0.25) is 0 Å². The van der Waals surface area contributed by atoms with Crippen LogP contribution in [0.15, 0.2) is 0 Å². The van der Waals surface area contributed by atoms with E-state index in [9.17, 15) is 22.0 Å². The summed E-state index contributed by atoms with van der Waals surface area (Å²) in [6.07, 6.45) is -5.74. The van der Waals surface area contributed by atoms with Gasteiger partial charge in [-0.3, -0.25) is 4.74 Å². The van der Waals surface area contributed by atoms with Crippen molar-refractivity contribution in [2.75, 3.05) is 6.61 Å². The number of epoxide rings is 1. The molecule has 1 saturated heterocycles. The quantitative estimate of drug-likeness (QED) is 0.614. The standard InChI is InChI=1S/C6H14O.C3HF5O/c1-3-4-6(2)5-7;4-1(5)2(6)3(7,8)9-2/h6-7H,3-5H2,1-2H3;1H. The molecule has 1 aliphatic rings. The van der Waals surface area contributed by atoms with E-state index in [1.807, 2.05) is 0 Å². The number of ether oxygens (including phenoxy) is 1. The lowest BCUT2D eigenvalue weighted by Gasteiger charge is -2.01. The van der Waals surface area contributed by atoms with Crippen molar-refractivity contribution < 1.29 is 31.8 Å². The van der Waals surface area contributed by atoms with Gasteiger partial charge >= 0.3 is 18.4 Å². The molecular formula is C9H15F5O2. The first-order valence-corrected chi connectivity index (χ1v) is 4.87. The van der Waals surface area contributed by atoms with Gasteiger partial charge in [-0.05, 0) is 12.3 Å². The van der Waals surface area contributed by atoms with Gasteiger partial charge in [0.1, 0.15) is 0 Å². The van der Waals surface area contributed by atoms with E-state index in [2.05, 4.69) is 18.6 Å². The van der Waals surface area contributed by atoms with Crippen LogP contribution in [-0.4, -0.2) is 30.1 Å². The lowest BCUT2D eigenvalue weighted by atomic mass is 10.1. The molecule has 0 spiro atoms. The van der Waals surface area contributed by atoms with Crippen LogP contribution in [0.5, 0.6) is 0 Å². The van der Waals surface area contributed by atoms with Gasteiger partial charge in [-0.15, -0.1) is 0 Å². The Bertz CT molecular complexity index is 212. The second kappa shape index (κ2) is 5.77. The molecule has 0 saturated carbocycles. The van der Waals surface area contributed by atoms with Crippen LogP contribution in [0, 0.1) is 5.92 Å². The third-order valence-corrected chi connectivity index (χ3v) is 2.01. The monoisotopic (exact) mass is 250 g/mol. The number of halogens is 5. The number of alkyl halides is 5. The van der Waals surface area contributed by atoms with Crippen LogP contribution in [0.2, 0.25) is 0 Å². The van der Waals surface area contributed by atoms with E-state index >= 15 is 0 Å². The Kier molecular flexibility index (Phi) is 5.61. The zero-order valence-corrected chi connectivity index (χ0v) is 9.02. The van der Waals surface area contributed by atoms with Crippen molar-refractivity contribution in [3.05, 3.63) is 0 Å². The van der Waals surface area contributed by atoms with Crippen molar-refractivity contribution in [3.63, 3.8) is 0 Å². The van der Waals surface area contributed by atoms with Gasteiger partial charge in [-0.25, -0.2) is 8.78 Å². The molecule has 0 amide bonds. The van der Waals surface area contributed by atoms with Crippen molar-refractivity contribution in [1.29, 1.82) is 0 Å². The molecule has 0 bridgehead atoms. The molecule has 1 fully saturated rings. The van der Waals surface area contributed by atoms with Crippen LogP contribution in [0.1, 0.15) is 26.7 Å². The maximum atomic E-state index is 11.7. The van der Waals surface area contributed by atoms with Gasteiger partial charge in [0.25, 0.3) is 0 Å². The molecule has 0 aliphatic carbocycles. The molecule has 1 rings (SSSR count). The highest BCUT2D eigenvalue weighted by Gasteiger charge is 2.82. The minimum Gasteiger partial charge on any atom is -0.396 e. The van der Waals surface area contributed by atoms with Gasteiger partial charge < -0.3 is 5.11 Å². The fourth-order valence-corrected chi connectivity index (χ4v) is 0.917. The van der Waals surface area contributed by atoms with E-state index in [0.717, 1.165) is 6.42 Å². The zero-order valence-electron chi connectivity index (χ0n) is 9.02. The Morgan fingerprint density at radius 1 is 1.25 bits per heavy atom. The Balaban J connectivity index is 0.000000293. The highest BCUT2D eigenvalue weighted by atomic mass is 19.3. The van der Waals surface area contributed by atoms with Crippen molar-refractivity contribution in [2.45, 2.75) is 45.1 Å². The van der Waals surface area contributed by atoms with E-state index < -0.39 is 18.4 Å². The van der Waals surface area contributed by atoms with Crippen molar-refractivity contribution >= 4 is 0 Å². The predicted molar refractivity (Wildman–Crippen MR) is 47.0 cm³/mol. The summed E-state index contributed by atoms with van der Waals surface area (Å²) in [5, 5.41) is 8.47. The highest BCUT2D eigenvalue weighted by Crippen LogP contribution is 2.55. The Morgan fingerprint density at radius 3 is 1.75 bits per heavy atom. The van der Waals surface area contributed by atoms with E-state index in [1.165, 1.54) is 6.42 Å². The summed E-state index contributed by atoms with van der Waals surface area (Å²) in [6.45, 7) is 4.53. The minimum atomic E-state index is -4.29. The maximum Gasteiger partial charge on any atom is 0.423 e. The zero-order chi connectivity index (χ0) is 13.0. The first-order chi connectivity index (χ1) is 7.21. The summed E-state index contributed by atoms with van der Waals surface area (Å²) in [6, 6.07) is 0. The molecule has 1 N–H and O–H groups in total. The van der Waals surface area contributed by atoms with Crippen molar-refractivity contribution in [3.8, 4) is 0 Å². The summed E-state index contributed by atoms with van der Waals surface area (Å²) >= 11 is 0. The van der Waals surface area contributed by atoms with E-state index in [-0.39, 0.29) is 0 Å². The number of hydrogen-bond acceptors (Lipinski definition) is 2. The highest BCUT2D eigenvalue weighted by molar-refractivity contribution is 4.95. The summed E-state index contributed by atoms with van der Waals surface area (Å²) < 4.78 is 59.4. The Labute approximate surface area is 90.4 Å². The van der Waals surface area contributed by atoms with E-state index in [0.29, 0.717) is 12.5 Å². The average Bonchev–Trinajstić information content (AvgIpc) is 2.69. The van der Waals surface area contributed by atoms with Gasteiger partial charge in [-0.2, -0.15) is 13.2 Å². The topological polar surface area (TPSA) is 32.8 Å². The van der Waals surface area contributed by atoms with Gasteiger partial charge in [0.15, 0.2) is 0 Å². The average molecular weight is 250 g/mol. The van der Waals surface area contributed by atoms with E-state index in [4.69, 9.17) is 5.11 Å². The fraction of sp³-hybridized carbons (Fsp3) is 1.00. The van der Waals surface area contributed by atoms with Crippen LogP contribution < -0.4 is 0 Å². The van der Waals surface area contributed by atoms with Gasteiger partial charge in [0.05, 0.1) is 0 Å². The Hall–Kier alpha value is -0.430. The number of aliphatic hydroxyl groups is 1. The van der Waals surface area contributed by atoms with Crippen molar-refractivity contribution in [1.82, 2.24) is 0 Å². The molecule has 98 valence electrons. The van der Waals surface area contributed by atoms with Crippen LogP contribution in [-0.2, 0) is 4.74 Å². The van der Waals surface area contributed by atoms with Crippen LogP contribution >= 0.6 is 0 Å². The first-order valence-electron chi connectivity index (χ1n) is 4.87. The second-order valence-corrected chi connectivity index (χ2v) is 3.64. The molecule has 1 heterocycles. The molecule has 7 heteroatoms. The summed E-state index contributed by atoms with van der Waals surface area (Å²) in [5.74, 6) is -3.52. The molecule has 1 aliphatic heterocycles. The molecular weight excluding hydrogens is 235 g/mol. The molecule has 0 aromatic heterocycles. The normalized spacial score (nSPS) is 28.3. The summed E-state index contributed by atoms with van der Waals surface area (Å²) in [4.78, 5) is 0. The van der Waals surface area contributed by atoms with Crippen LogP contribution in [0.4, 0.5) is 22.0 Å². The minimum absolute atomic E-state index is 0.341. The molecule has 2 nitrogen and oxygen atoms in total. The largest absolute Gasteiger partial charge is 0.423 e. The molecule has 16 heavy (non-hydrogen) atoms. The number of aliphatic hydroxyl groups excluding tert-OH is 1. The smallest absolute Gasteiger partial charge is 0.396 e. The lowest BCUT2D eigenvalue weighted by Crippen LogP contribution is -2.21. The maximum absolute atomic E-state index is 11.7. The predicted octanol–water partition coefficient (Wildman–Crippen LogP) is 2.96. The van der Waals surface area contributed by atoms with E-state index in [1.54, 1.807) is 0 Å². The van der Waals surface area contributed by atoms with Crippen LogP contribution in [0.3, 0.4) is 0 Å². The SMILES string of the molecule is CCCC(C)CO.FC(F)C1(F)OC1(F)F. The number of rotatable bonds is 4. The fourth-order valence-electron chi connectivity index (χ4n) is 0.917. The molecule has 0 aromatic rings. The third-order valence-electron chi connectivity index (χ3n) is 2.01. The molecule has 2 unspecified atom stereocenters. The summed E-state index contributed by atoms with van der Waals surface area (Å²) in [5.41, 5.74) is 0. The number of hydrogen-bond donors (Lipinski definition) is 1. The molecule has 0 aromatic carbocycles. The first kappa shape index (κ1) is 15.6. The summed E-state index contributed by atoms with van der Waals surface area (Å²) in [7, 11) is 0. The lowest BCUT2D eigenvalue weighted by molar-refractivity contribution is -0.0478. The Morgan fingerprint density at radius 2 is 1.69 bits per heavy atom.